The first-order chi connectivity index (χ1) is 9.99. The van der Waals surface area contributed by atoms with Gasteiger partial charge in [-0.3, -0.25) is 9.59 Å². The summed E-state index contributed by atoms with van der Waals surface area (Å²) in [5.41, 5.74) is 1.11. The summed E-state index contributed by atoms with van der Waals surface area (Å²) in [6.45, 7) is 9.43. The molecule has 0 aliphatic carbocycles. The molecule has 0 bridgehead atoms. The summed E-state index contributed by atoms with van der Waals surface area (Å²) in [6.07, 6.45) is 1.86. The van der Waals surface area contributed by atoms with Crippen molar-refractivity contribution in [2.24, 2.45) is 0 Å². The summed E-state index contributed by atoms with van der Waals surface area (Å²) in [6, 6.07) is 7.02. The third-order valence-electron chi connectivity index (χ3n) is 3.07. The average Bonchev–Trinajstić information content (AvgIpc) is 2.45. The van der Waals surface area contributed by atoms with Gasteiger partial charge in [0.25, 0.3) is 11.8 Å². The molecule has 0 heterocycles. The lowest BCUT2D eigenvalue weighted by atomic mass is 10.1. The molecule has 0 spiro atoms. The summed E-state index contributed by atoms with van der Waals surface area (Å²) in [4.78, 5) is 26.4. The first-order valence-corrected chi connectivity index (χ1v) is 7.69. The number of carbonyl (C=O) groups is 2. The van der Waals surface area contributed by atoms with Gasteiger partial charge in [-0.2, -0.15) is 0 Å². The van der Waals surface area contributed by atoms with Crippen LogP contribution in [0.15, 0.2) is 24.3 Å². The van der Waals surface area contributed by atoms with E-state index in [1.165, 1.54) is 0 Å². The molecule has 0 aliphatic rings. The number of nitrogens with zero attached hydrogens (tertiary/aromatic N) is 1. The maximum atomic E-state index is 12.5. The predicted molar refractivity (Wildman–Crippen MR) is 85.5 cm³/mol. The zero-order valence-electron chi connectivity index (χ0n) is 13.5. The van der Waals surface area contributed by atoms with Crippen LogP contribution in [0.3, 0.4) is 0 Å². The van der Waals surface area contributed by atoms with Gasteiger partial charge in [-0.1, -0.05) is 19.9 Å². The first-order valence-electron chi connectivity index (χ1n) is 7.69. The Kier molecular flexibility index (Phi) is 6.92. The fraction of sp³-hybridized carbons (Fsp3) is 0.529. The molecule has 0 atom stereocenters. The monoisotopic (exact) mass is 290 g/mol. The maximum absolute atomic E-state index is 12.5. The molecule has 1 aromatic rings. The lowest BCUT2D eigenvalue weighted by Crippen LogP contribution is -2.33. The second-order valence-corrected chi connectivity index (χ2v) is 5.50. The van der Waals surface area contributed by atoms with Gasteiger partial charge >= 0.3 is 0 Å². The number of rotatable bonds is 7. The highest BCUT2D eigenvalue weighted by Crippen LogP contribution is 2.10. The van der Waals surface area contributed by atoms with E-state index in [4.69, 9.17) is 0 Å². The van der Waals surface area contributed by atoms with Crippen LogP contribution < -0.4 is 5.32 Å². The largest absolute Gasteiger partial charge is 0.350 e. The van der Waals surface area contributed by atoms with Crippen LogP contribution >= 0.6 is 0 Å². The van der Waals surface area contributed by atoms with Crippen molar-refractivity contribution in [3.63, 3.8) is 0 Å². The quantitative estimate of drug-likeness (QED) is 0.839. The van der Waals surface area contributed by atoms with E-state index < -0.39 is 0 Å². The standard InChI is InChI=1S/C17H26N2O2/c1-5-10-19(11-6-2)17(21)15-9-7-8-14(12-15)16(20)18-13(3)4/h7-9,12-13H,5-6,10-11H2,1-4H3,(H,18,20). The Balaban J connectivity index is 2.92. The van der Waals surface area contributed by atoms with E-state index in [9.17, 15) is 9.59 Å². The molecule has 1 rings (SSSR count). The van der Waals surface area contributed by atoms with Gasteiger partial charge in [0, 0.05) is 30.3 Å². The lowest BCUT2D eigenvalue weighted by Gasteiger charge is -2.21. The summed E-state index contributed by atoms with van der Waals surface area (Å²) >= 11 is 0. The summed E-state index contributed by atoms with van der Waals surface area (Å²) in [5, 5.41) is 2.84. The zero-order valence-corrected chi connectivity index (χ0v) is 13.5. The topological polar surface area (TPSA) is 49.4 Å². The Morgan fingerprint density at radius 3 is 2.19 bits per heavy atom. The Morgan fingerprint density at radius 1 is 1.10 bits per heavy atom. The minimum atomic E-state index is -0.141. The van der Waals surface area contributed by atoms with Gasteiger partial charge < -0.3 is 10.2 Å². The molecular formula is C17H26N2O2. The van der Waals surface area contributed by atoms with Gasteiger partial charge in [0.1, 0.15) is 0 Å². The van der Waals surface area contributed by atoms with Crippen LogP contribution in [-0.2, 0) is 0 Å². The minimum Gasteiger partial charge on any atom is -0.350 e. The van der Waals surface area contributed by atoms with Crippen molar-refractivity contribution < 1.29 is 9.59 Å². The Hall–Kier alpha value is -1.84. The molecule has 2 amide bonds. The fourth-order valence-corrected chi connectivity index (χ4v) is 2.18. The molecule has 0 saturated heterocycles. The second kappa shape index (κ2) is 8.45. The maximum Gasteiger partial charge on any atom is 0.253 e. The molecule has 21 heavy (non-hydrogen) atoms. The van der Waals surface area contributed by atoms with Crippen LogP contribution in [0.2, 0.25) is 0 Å². The molecule has 0 radical (unpaired) electrons. The van der Waals surface area contributed by atoms with Crippen LogP contribution in [0.25, 0.3) is 0 Å². The normalized spacial score (nSPS) is 10.5. The highest BCUT2D eigenvalue weighted by Gasteiger charge is 2.16. The number of amides is 2. The zero-order chi connectivity index (χ0) is 15.8. The van der Waals surface area contributed by atoms with Crippen LogP contribution in [0.1, 0.15) is 61.3 Å². The molecule has 1 aromatic carbocycles. The highest BCUT2D eigenvalue weighted by atomic mass is 16.2. The van der Waals surface area contributed by atoms with Gasteiger partial charge in [-0.25, -0.2) is 0 Å². The molecule has 116 valence electrons. The molecule has 4 nitrogen and oxygen atoms in total. The fourth-order valence-electron chi connectivity index (χ4n) is 2.18. The summed E-state index contributed by atoms with van der Waals surface area (Å²) in [5.74, 6) is -0.143. The van der Waals surface area contributed by atoms with Crippen molar-refractivity contribution in [1.82, 2.24) is 10.2 Å². The van der Waals surface area contributed by atoms with E-state index >= 15 is 0 Å². The molecule has 0 unspecified atom stereocenters. The molecule has 0 fully saturated rings. The predicted octanol–water partition coefficient (Wildman–Crippen LogP) is 3.09. The van der Waals surface area contributed by atoms with Gasteiger partial charge in [0.2, 0.25) is 0 Å². The lowest BCUT2D eigenvalue weighted by molar-refractivity contribution is 0.0755. The van der Waals surface area contributed by atoms with E-state index in [0.717, 1.165) is 25.9 Å². The number of hydrogen-bond acceptors (Lipinski definition) is 2. The van der Waals surface area contributed by atoms with Gasteiger partial charge in [-0.15, -0.1) is 0 Å². The number of carbonyl (C=O) groups excluding carboxylic acids is 2. The number of nitrogens with one attached hydrogen (secondary N) is 1. The second-order valence-electron chi connectivity index (χ2n) is 5.50. The van der Waals surface area contributed by atoms with Gasteiger partial charge in [0.15, 0.2) is 0 Å². The number of hydrogen-bond donors (Lipinski definition) is 1. The molecule has 1 N–H and O–H groups in total. The highest BCUT2D eigenvalue weighted by molar-refractivity contribution is 5.99. The Bertz CT molecular complexity index is 477. The molecule has 0 saturated carbocycles. The van der Waals surface area contributed by atoms with Crippen molar-refractivity contribution in [3.8, 4) is 0 Å². The van der Waals surface area contributed by atoms with E-state index in [1.807, 2.05) is 18.7 Å². The smallest absolute Gasteiger partial charge is 0.253 e. The van der Waals surface area contributed by atoms with Crippen molar-refractivity contribution in [1.29, 1.82) is 0 Å². The molecule has 0 aromatic heterocycles. The Morgan fingerprint density at radius 2 is 1.67 bits per heavy atom. The SMILES string of the molecule is CCCN(CCC)C(=O)c1cccc(C(=O)NC(C)C)c1. The van der Waals surface area contributed by atoms with E-state index in [2.05, 4.69) is 19.2 Å². The minimum absolute atomic E-state index is 0.00195. The van der Waals surface area contributed by atoms with E-state index in [0.29, 0.717) is 11.1 Å². The van der Waals surface area contributed by atoms with E-state index in [1.54, 1.807) is 24.3 Å². The first kappa shape index (κ1) is 17.2. The van der Waals surface area contributed by atoms with Crippen LogP contribution in [0, 0.1) is 0 Å². The van der Waals surface area contributed by atoms with Crippen molar-refractivity contribution in [3.05, 3.63) is 35.4 Å². The Labute approximate surface area is 127 Å². The molecule has 4 heteroatoms. The van der Waals surface area contributed by atoms with Crippen molar-refractivity contribution in [2.75, 3.05) is 13.1 Å². The molecule has 0 aliphatic heterocycles. The third kappa shape index (κ3) is 5.21. The average molecular weight is 290 g/mol. The summed E-state index contributed by atoms with van der Waals surface area (Å²) < 4.78 is 0. The molecular weight excluding hydrogens is 264 g/mol. The van der Waals surface area contributed by atoms with Gasteiger partial charge in [-0.05, 0) is 44.9 Å². The van der Waals surface area contributed by atoms with Gasteiger partial charge in [0.05, 0.1) is 0 Å². The van der Waals surface area contributed by atoms with Crippen molar-refractivity contribution >= 4 is 11.8 Å². The van der Waals surface area contributed by atoms with Crippen LogP contribution in [-0.4, -0.2) is 35.8 Å². The van der Waals surface area contributed by atoms with E-state index in [-0.39, 0.29) is 17.9 Å². The number of benzene rings is 1. The van der Waals surface area contributed by atoms with Crippen LogP contribution in [0.4, 0.5) is 0 Å². The van der Waals surface area contributed by atoms with Crippen LogP contribution in [0.5, 0.6) is 0 Å². The van der Waals surface area contributed by atoms with Crippen molar-refractivity contribution in [2.45, 2.75) is 46.6 Å². The summed E-state index contributed by atoms with van der Waals surface area (Å²) in [7, 11) is 0. The third-order valence-corrected chi connectivity index (χ3v) is 3.07.